The van der Waals surface area contributed by atoms with E-state index in [9.17, 15) is 26.4 Å². The molecule has 6 nitrogen and oxygen atoms in total. The van der Waals surface area contributed by atoms with Crippen LogP contribution < -0.4 is 14.8 Å². The van der Waals surface area contributed by atoms with Crippen molar-refractivity contribution in [1.82, 2.24) is 0 Å². The summed E-state index contributed by atoms with van der Waals surface area (Å²) in [5.41, 5.74) is 1.84. The normalized spacial score (nSPS) is 14.1. The van der Waals surface area contributed by atoms with Crippen molar-refractivity contribution in [3.05, 3.63) is 119 Å². The summed E-state index contributed by atoms with van der Waals surface area (Å²) in [5.74, 6) is 0.203. The van der Waals surface area contributed by atoms with Gasteiger partial charge in [0.15, 0.2) is 0 Å². The molecule has 39 heavy (non-hydrogen) atoms. The van der Waals surface area contributed by atoms with Crippen molar-refractivity contribution in [2.24, 2.45) is 0 Å². The average Bonchev–Trinajstić information content (AvgIpc) is 3.22. The number of rotatable bonds is 7. The molecule has 1 aliphatic rings. The van der Waals surface area contributed by atoms with Crippen LogP contribution in [0.5, 0.6) is 5.75 Å². The molecule has 4 aromatic carbocycles. The Bertz CT molecular complexity index is 1670. The van der Waals surface area contributed by atoms with Crippen molar-refractivity contribution in [3.8, 4) is 5.75 Å². The summed E-state index contributed by atoms with van der Waals surface area (Å²) in [6.07, 6.45) is -2.90. The second-order valence-corrected chi connectivity index (χ2v) is 10.4. The van der Waals surface area contributed by atoms with Crippen LogP contribution in [-0.2, 0) is 27.6 Å². The summed E-state index contributed by atoms with van der Waals surface area (Å²) in [4.78, 5) is 12.6. The zero-order chi connectivity index (χ0) is 27.6. The summed E-state index contributed by atoms with van der Waals surface area (Å²) >= 11 is 0. The van der Waals surface area contributed by atoms with E-state index in [1.54, 1.807) is 30.3 Å². The number of carbonyl (C=O) groups is 1. The number of ether oxygens (including phenoxy) is 1. The highest BCUT2D eigenvalue weighted by molar-refractivity contribution is 7.92. The molecule has 1 heterocycles. The predicted octanol–water partition coefficient (Wildman–Crippen LogP) is 6.58. The Balaban J connectivity index is 1.38. The van der Waals surface area contributed by atoms with Crippen molar-refractivity contribution in [2.75, 3.05) is 10.0 Å². The van der Waals surface area contributed by atoms with Crippen molar-refractivity contribution in [2.45, 2.75) is 17.7 Å². The topological polar surface area (TPSA) is 84.5 Å². The number of halogens is 3. The lowest BCUT2D eigenvalue weighted by Crippen LogP contribution is -2.13. The summed E-state index contributed by atoms with van der Waals surface area (Å²) in [6.45, 7) is 0.372. The van der Waals surface area contributed by atoms with Crippen LogP contribution in [0.2, 0.25) is 0 Å². The third-order valence-corrected chi connectivity index (χ3v) is 7.35. The molecule has 0 spiro atoms. The first-order chi connectivity index (χ1) is 18.6. The summed E-state index contributed by atoms with van der Waals surface area (Å²) in [6, 6.07) is 24.6. The van der Waals surface area contributed by atoms with E-state index in [2.05, 4.69) is 10.0 Å². The van der Waals surface area contributed by atoms with E-state index < -0.39 is 27.7 Å². The lowest BCUT2D eigenvalue weighted by molar-refractivity contribution is -0.137. The van der Waals surface area contributed by atoms with E-state index >= 15 is 0 Å². The van der Waals surface area contributed by atoms with Crippen molar-refractivity contribution in [3.63, 3.8) is 0 Å². The zero-order valence-electron chi connectivity index (χ0n) is 20.2. The molecule has 10 heteroatoms. The maximum Gasteiger partial charge on any atom is 0.416 e. The van der Waals surface area contributed by atoms with Gasteiger partial charge in [0.2, 0.25) is 0 Å². The number of nitrogens with one attached hydrogen (secondary N) is 2. The zero-order valence-corrected chi connectivity index (χ0v) is 21.0. The van der Waals surface area contributed by atoms with Crippen LogP contribution in [0.25, 0.3) is 11.6 Å². The maximum absolute atomic E-state index is 13.0. The molecule has 0 bridgehead atoms. The van der Waals surface area contributed by atoms with Crippen LogP contribution in [0.15, 0.2) is 102 Å². The highest BCUT2D eigenvalue weighted by Crippen LogP contribution is 2.36. The first kappa shape index (κ1) is 26.1. The van der Waals surface area contributed by atoms with Gasteiger partial charge in [0.05, 0.1) is 10.5 Å². The minimum atomic E-state index is -4.53. The van der Waals surface area contributed by atoms with Gasteiger partial charge in [-0.1, -0.05) is 42.5 Å². The lowest BCUT2D eigenvalue weighted by atomic mass is 10.0. The highest BCUT2D eigenvalue weighted by atomic mass is 32.2. The largest absolute Gasteiger partial charge is 0.489 e. The number of benzene rings is 4. The molecule has 1 aliphatic heterocycles. The van der Waals surface area contributed by atoms with E-state index in [-0.39, 0.29) is 16.2 Å². The Morgan fingerprint density at radius 1 is 0.872 bits per heavy atom. The molecule has 4 aromatic rings. The third kappa shape index (κ3) is 5.96. The van der Waals surface area contributed by atoms with Gasteiger partial charge in [0, 0.05) is 22.5 Å². The fourth-order valence-corrected chi connectivity index (χ4v) is 5.11. The van der Waals surface area contributed by atoms with Gasteiger partial charge in [-0.15, -0.1) is 0 Å². The first-order valence-corrected chi connectivity index (χ1v) is 13.2. The van der Waals surface area contributed by atoms with Crippen molar-refractivity contribution in [1.29, 1.82) is 0 Å². The van der Waals surface area contributed by atoms with Gasteiger partial charge in [0.25, 0.3) is 15.9 Å². The molecule has 0 atom stereocenters. The summed E-state index contributed by atoms with van der Waals surface area (Å²) in [5, 5.41) is 2.72. The number of sulfonamides is 1. The molecule has 0 aromatic heterocycles. The van der Waals surface area contributed by atoms with Crippen LogP contribution in [0.4, 0.5) is 24.5 Å². The molecule has 2 N–H and O–H groups in total. The minimum Gasteiger partial charge on any atom is -0.489 e. The minimum absolute atomic E-state index is 0.0271. The Morgan fingerprint density at radius 2 is 1.62 bits per heavy atom. The van der Waals surface area contributed by atoms with Gasteiger partial charge in [-0.25, -0.2) is 8.42 Å². The SMILES string of the molecule is O=C1Nc2ccc(S(=O)(=O)Nc3ccc(C(F)(F)F)cc3)cc2C1=Cc1cccc(OCc2ccccc2)c1. The van der Waals surface area contributed by atoms with Gasteiger partial charge in [-0.3, -0.25) is 9.52 Å². The maximum atomic E-state index is 13.0. The van der Waals surface area contributed by atoms with Gasteiger partial charge in [-0.05, 0) is 71.8 Å². The Kier molecular flexibility index (Phi) is 6.88. The Labute approximate surface area is 222 Å². The van der Waals surface area contributed by atoms with Crippen LogP contribution in [0.1, 0.15) is 22.3 Å². The molecule has 0 saturated heterocycles. The molecule has 5 rings (SSSR count). The molecular weight excluding hydrogens is 529 g/mol. The number of fused-ring (bicyclic) bond motifs is 1. The fourth-order valence-electron chi connectivity index (χ4n) is 4.02. The molecule has 0 fully saturated rings. The van der Waals surface area contributed by atoms with Crippen molar-refractivity contribution >= 4 is 39.0 Å². The smallest absolute Gasteiger partial charge is 0.416 e. The van der Waals surface area contributed by atoms with Gasteiger partial charge in [-0.2, -0.15) is 13.2 Å². The number of carbonyl (C=O) groups excluding carboxylic acids is 1. The molecule has 0 aliphatic carbocycles. The number of anilines is 2. The molecule has 0 radical (unpaired) electrons. The van der Waals surface area contributed by atoms with E-state index in [1.165, 1.54) is 18.2 Å². The van der Waals surface area contributed by atoms with Crippen LogP contribution in [-0.4, -0.2) is 14.3 Å². The number of alkyl halides is 3. The second-order valence-electron chi connectivity index (χ2n) is 8.75. The quantitative estimate of drug-likeness (QED) is 0.255. The first-order valence-electron chi connectivity index (χ1n) is 11.7. The third-order valence-electron chi connectivity index (χ3n) is 5.97. The van der Waals surface area contributed by atoms with Gasteiger partial charge >= 0.3 is 6.18 Å². The summed E-state index contributed by atoms with van der Waals surface area (Å²) in [7, 11) is -4.15. The fraction of sp³-hybridized carbons (Fsp3) is 0.0690. The molecule has 0 saturated carbocycles. The lowest BCUT2D eigenvalue weighted by Gasteiger charge is -2.11. The molecule has 198 valence electrons. The van der Waals surface area contributed by atoms with Crippen LogP contribution in [0.3, 0.4) is 0 Å². The molecule has 1 amide bonds. The van der Waals surface area contributed by atoms with Crippen molar-refractivity contribution < 1.29 is 31.1 Å². The van der Waals surface area contributed by atoms with E-state index in [0.717, 1.165) is 29.8 Å². The standard InChI is InChI=1S/C29H21F3N2O4S/c30-29(31,32)21-9-11-22(12-10-21)34-39(36,37)24-13-14-27-25(17-24)26(28(35)33-27)16-20-7-4-8-23(15-20)38-18-19-5-2-1-3-6-19/h1-17,34H,18H2,(H,33,35). The van der Waals surface area contributed by atoms with E-state index in [1.807, 2.05) is 30.3 Å². The molecule has 0 unspecified atom stereocenters. The average molecular weight is 551 g/mol. The van der Waals surface area contributed by atoms with Gasteiger partial charge < -0.3 is 10.1 Å². The van der Waals surface area contributed by atoms with Crippen LogP contribution in [0, 0.1) is 0 Å². The number of hydrogen-bond donors (Lipinski definition) is 2. The van der Waals surface area contributed by atoms with Crippen LogP contribution >= 0.6 is 0 Å². The Hall–Kier alpha value is -4.57. The van der Waals surface area contributed by atoms with E-state index in [0.29, 0.717) is 29.2 Å². The van der Waals surface area contributed by atoms with Gasteiger partial charge in [0.1, 0.15) is 12.4 Å². The molecular formula is C29H21F3N2O4S. The Morgan fingerprint density at radius 3 is 2.33 bits per heavy atom. The van der Waals surface area contributed by atoms with E-state index in [4.69, 9.17) is 4.74 Å². The summed E-state index contributed by atoms with van der Waals surface area (Å²) < 4.78 is 72.6. The second kappa shape index (κ2) is 10.3. The number of amides is 1. The monoisotopic (exact) mass is 550 g/mol. The highest BCUT2D eigenvalue weighted by Gasteiger charge is 2.30. The predicted molar refractivity (Wildman–Crippen MR) is 142 cm³/mol. The number of hydrogen-bond acceptors (Lipinski definition) is 4.